The van der Waals surface area contributed by atoms with Gasteiger partial charge in [0, 0.05) is 0 Å². The van der Waals surface area contributed by atoms with Crippen LogP contribution in [0.25, 0.3) is 11.2 Å². The first-order valence-corrected chi connectivity index (χ1v) is 3.58. The predicted octanol–water partition coefficient (Wildman–Crippen LogP) is 0.914. The molecule has 0 amide bonds. The maximum Gasteiger partial charge on any atom is 0.392 e. The van der Waals surface area contributed by atoms with Crippen LogP contribution in [0.15, 0.2) is 6.07 Å². The van der Waals surface area contributed by atoms with Crippen LogP contribution < -0.4 is 0 Å². The van der Waals surface area contributed by atoms with Gasteiger partial charge in [-0.1, -0.05) is 0 Å². The summed E-state index contributed by atoms with van der Waals surface area (Å²) in [4.78, 5) is 16.0. The molecule has 0 radical (unpaired) electrons. The Morgan fingerprint density at radius 1 is 1.54 bits per heavy atom. The summed E-state index contributed by atoms with van der Waals surface area (Å²) in [5, 5.41) is 17.3. The van der Waals surface area contributed by atoms with E-state index in [0.717, 1.165) is 0 Å². The van der Waals surface area contributed by atoms with Crippen molar-refractivity contribution in [3.8, 4) is 0 Å². The number of nitrogens with one attached hydrogen (secondary N) is 1. The second-order valence-electron chi connectivity index (χ2n) is 2.22. The number of hydrogen-bond acceptors (Lipinski definition) is 5. The van der Waals surface area contributed by atoms with Crippen molar-refractivity contribution in [2.45, 2.75) is 0 Å². The monoisotopic (exact) mass is 199 g/mol. The highest BCUT2D eigenvalue weighted by atomic mass is 35.5. The first-order chi connectivity index (χ1) is 6.16. The van der Waals surface area contributed by atoms with Crippen LogP contribution in [0.4, 0.5) is 5.82 Å². The van der Waals surface area contributed by atoms with Gasteiger partial charge in [-0.3, -0.25) is 0 Å². The lowest BCUT2D eigenvalue weighted by Crippen LogP contribution is -1.93. The molecule has 2 heterocycles. The Balaban J connectivity index is 2.67. The molecule has 0 aromatic carbocycles. The molecule has 0 fully saturated rings. The first-order valence-electron chi connectivity index (χ1n) is 3.20. The molecule has 0 aliphatic rings. The maximum atomic E-state index is 10.3. The summed E-state index contributed by atoms with van der Waals surface area (Å²) in [6.07, 6.45) is 0. The molecule has 8 heteroatoms. The number of nitro groups is 1. The summed E-state index contributed by atoms with van der Waals surface area (Å²) in [5.74, 6) is -0.340. The molecule has 0 aliphatic heterocycles. The molecular weight excluding hydrogens is 198 g/mol. The molecule has 0 spiro atoms. The van der Waals surface area contributed by atoms with E-state index in [0.29, 0.717) is 5.52 Å². The Labute approximate surface area is 75.9 Å². The molecule has 0 saturated carbocycles. The summed E-state index contributed by atoms with van der Waals surface area (Å²) < 4.78 is 0. The van der Waals surface area contributed by atoms with Crippen molar-refractivity contribution in [3.05, 3.63) is 21.5 Å². The molecule has 0 aliphatic carbocycles. The number of fused-ring (bicyclic) bond motifs is 1. The van der Waals surface area contributed by atoms with Crippen molar-refractivity contribution >= 4 is 28.6 Å². The Morgan fingerprint density at radius 3 is 3.00 bits per heavy atom. The molecule has 2 aromatic rings. The predicted molar refractivity (Wildman–Crippen MR) is 43.3 cm³/mol. The number of aromatic nitrogens is 4. The minimum absolute atomic E-state index is 0.129. The molecule has 2 aromatic heterocycles. The normalized spacial score (nSPS) is 10.5. The molecular formula is C5H2ClN5O2. The Hall–Kier alpha value is -1.76. The van der Waals surface area contributed by atoms with Crippen LogP contribution in [-0.2, 0) is 0 Å². The van der Waals surface area contributed by atoms with Gasteiger partial charge in [-0.05, 0) is 21.6 Å². The lowest BCUT2D eigenvalue weighted by molar-refractivity contribution is -0.390. The number of hydrogen-bond donors (Lipinski definition) is 1. The Bertz CT molecular complexity index is 481. The summed E-state index contributed by atoms with van der Waals surface area (Å²) in [6, 6.07) is 1.22. The van der Waals surface area contributed by atoms with Crippen molar-refractivity contribution in [2.75, 3.05) is 0 Å². The minimum atomic E-state index is -0.638. The molecule has 2 rings (SSSR count). The lowest BCUT2D eigenvalue weighted by atomic mass is 10.5. The maximum absolute atomic E-state index is 10.3. The second-order valence-corrected chi connectivity index (χ2v) is 2.58. The van der Waals surface area contributed by atoms with Crippen LogP contribution in [0.1, 0.15) is 0 Å². The Kier molecular flexibility index (Phi) is 1.59. The van der Waals surface area contributed by atoms with Gasteiger partial charge in [0.15, 0.2) is 0 Å². The van der Waals surface area contributed by atoms with Crippen LogP contribution in [-0.4, -0.2) is 25.1 Å². The first kappa shape index (κ1) is 7.87. The van der Waals surface area contributed by atoms with Gasteiger partial charge in [-0.15, -0.1) is 0 Å². The van der Waals surface area contributed by atoms with E-state index in [1.54, 1.807) is 0 Å². The third-order valence-electron chi connectivity index (χ3n) is 1.39. The summed E-state index contributed by atoms with van der Waals surface area (Å²) in [5.41, 5.74) is 0.655. The van der Waals surface area contributed by atoms with E-state index in [-0.39, 0.29) is 16.7 Å². The van der Waals surface area contributed by atoms with Gasteiger partial charge in [0.25, 0.3) is 0 Å². The van der Waals surface area contributed by atoms with E-state index >= 15 is 0 Å². The highest BCUT2D eigenvalue weighted by Gasteiger charge is 2.12. The van der Waals surface area contributed by atoms with Gasteiger partial charge >= 0.3 is 5.82 Å². The number of nitrogens with zero attached hydrogens (tertiary/aromatic N) is 4. The fourth-order valence-electron chi connectivity index (χ4n) is 0.871. The van der Waals surface area contributed by atoms with Crippen molar-refractivity contribution in [1.29, 1.82) is 0 Å². The molecule has 0 unspecified atom stereocenters. The van der Waals surface area contributed by atoms with E-state index in [2.05, 4.69) is 20.2 Å². The Morgan fingerprint density at radius 2 is 2.31 bits per heavy atom. The van der Waals surface area contributed by atoms with Gasteiger partial charge in [0.05, 0.1) is 16.7 Å². The molecule has 0 atom stereocenters. The zero-order valence-electron chi connectivity index (χ0n) is 6.06. The van der Waals surface area contributed by atoms with Crippen LogP contribution in [0.3, 0.4) is 0 Å². The van der Waals surface area contributed by atoms with Crippen molar-refractivity contribution in [2.24, 2.45) is 0 Å². The number of rotatable bonds is 1. The van der Waals surface area contributed by atoms with Gasteiger partial charge in [-0.2, -0.15) is 4.98 Å². The van der Waals surface area contributed by atoms with Crippen molar-refractivity contribution < 1.29 is 4.92 Å². The average molecular weight is 200 g/mol. The standard InChI is InChI=1S/C5H2ClN5O2/c6-5-7-2-1-3(11(12)13)9-10-4(2)8-5/h1H,(H,7,8,10). The molecule has 1 N–H and O–H groups in total. The second kappa shape index (κ2) is 2.63. The van der Waals surface area contributed by atoms with E-state index in [9.17, 15) is 10.1 Å². The zero-order chi connectivity index (χ0) is 9.42. The largest absolute Gasteiger partial charge is 0.392 e. The van der Waals surface area contributed by atoms with Gasteiger partial charge < -0.3 is 15.1 Å². The molecule has 66 valence electrons. The SMILES string of the molecule is O=[N+]([O-])c1cc2[nH]c(Cl)nc2nn1. The number of H-pyrrole nitrogens is 1. The number of halogens is 1. The molecule has 0 saturated heterocycles. The van der Waals surface area contributed by atoms with Crippen LogP contribution >= 0.6 is 11.6 Å². The summed E-state index contributed by atoms with van der Waals surface area (Å²) in [7, 11) is 0. The highest BCUT2D eigenvalue weighted by Crippen LogP contribution is 2.15. The van der Waals surface area contributed by atoms with Gasteiger partial charge in [0.1, 0.15) is 0 Å². The van der Waals surface area contributed by atoms with Crippen molar-refractivity contribution in [1.82, 2.24) is 20.2 Å². The van der Waals surface area contributed by atoms with Crippen molar-refractivity contribution in [3.63, 3.8) is 0 Å². The molecule has 0 bridgehead atoms. The smallest absolute Gasteiger partial charge is 0.358 e. The molecule has 7 nitrogen and oxygen atoms in total. The van der Waals surface area contributed by atoms with Crippen LogP contribution in [0, 0.1) is 10.1 Å². The van der Waals surface area contributed by atoms with Gasteiger partial charge in [-0.25, -0.2) is 0 Å². The minimum Gasteiger partial charge on any atom is -0.358 e. The molecule has 13 heavy (non-hydrogen) atoms. The topological polar surface area (TPSA) is 97.6 Å². The highest BCUT2D eigenvalue weighted by molar-refractivity contribution is 6.28. The summed E-state index contributed by atoms with van der Waals surface area (Å²) in [6.45, 7) is 0. The van der Waals surface area contributed by atoms with E-state index in [4.69, 9.17) is 11.6 Å². The van der Waals surface area contributed by atoms with E-state index in [1.165, 1.54) is 6.07 Å². The summed E-state index contributed by atoms with van der Waals surface area (Å²) >= 11 is 5.51. The van der Waals surface area contributed by atoms with Crippen LogP contribution in [0.2, 0.25) is 5.28 Å². The number of imidazole rings is 1. The quantitative estimate of drug-likeness (QED) is 0.544. The zero-order valence-corrected chi connectivity index (χ0v) is 6.82. The van der Waals surface area contributed by atoms with E-state index < -0.39 is 4.92 Å². The number of aromatic amines is 1. The lowest BCUT2D eigenvalue weighted by Gasteiger charge is -1.87. The van der Waals surface area contributed by atoms with Crippen LogP contribution in [0.5, 0.6) is 0 Å². The fraction of sp³-hybridized carbons (Fsp3) is 0. The fourth-order valence-corrected chi connectivity index (χ4v) is 1.05. The third kappa shape index (κ3) is 1.29. The average Bonchev–Trinajstić information content (AvgIpc) is 2.42. The van der Waals surface area contributed by atoms with E-state index in [1.807, 2.05) is 0 Å². The van der Waals surface area contributed by atoms with Gasteiger partial charge in [0.2, 0.25) is 10.9 Å². The third-order valence-corrected chi connectivity index (χ3v) is 1.57.